The van der Waals surface area contributed by atoms with Gasteiger partial charge in [-0.25, -0.2) is 8.78 Å². The van der Waals surface area contributed by atoms with Crippen molar-refractivity contribution in [2.24, 2.45) is 5.73 Å². The molecule has 1 atom stereocenters. The van der Waals surface area contributed by atoms with E-state index in [-0.39, 0.29) is 12.5 Å². The molecule has 0 fully saturated rings. The van der Waals surface area contributed by atoms with E-state index < -0.39 is 11.6 Å². The van der Waals surface area contributed by atoms with Gasteiger partial charge in [0.25, 0.3) is 0 Å². The van der Waals surface area contributed by atoms with Crippen LogP contribution in [-0.4, -0.2) is 0 Å². The molecule has 0 amide bonds. The van der Waals surface area contributed by atoms with E-state index in [1.807, 2.05) is 11.4 Å². The van der Waals surface area contributed by atoms with E-state index in [4.69, 9.17) is 5.73 Å². The monoisotopic (exact) mass is 317 g/mol. The van der Waals surface area contributed by atoms with Crippen LogP contribution in [0.4, 0.5) is 8.78 Å². The zero-order valence-electron chi connectivity index (χ0n) is 8.79. The maximum absolute atomic E-state index is 13.5. The normalized spacial score (nSPS) is 12.7. The first-order chi connectivity index (χ1) is 8.09. The first kappa shape index (κ1) is 12.7. The van der Waals surface area contributed by atoms with Gasteiger partial charge in [0.2, 0.25) is 0 Å². The molecule has 5 heteroatoms. The van der Waals surface area contributed by atoms with Crippen LogP contribution in [0.3, 0.4) is 0 Å². The number of hydrogen-bond acceptors (Lipinski definition) is 2. The zero-order valence-corrected chi connectivity index (χ0v) is 11.2. The fourth-order valence-corrected chi connectivity index (χ4v) is 3.28. The predicted octanol–water partition coefficient (Wildman–Crippen LogP) is 4.03. The average Bonchev–Trinajstić information content (AvgIpc) is 2.71. The summed E-state index contributed by atoms with van der Waals surface area (Å²) in [6, 6.07) is 5.71. The van der Waals surface area contributed by atoms with Gasteiger partial charge in [-0.2, -0.15) is 0 Å². The minimum Gasteiger partial charge on any atom is -0.323 e. The second-order valence-electron chi connectivity index (χ2n) is 3.66. The lowest BCUT2D eigenvalue weighted by molar-refractivity contribution is 0.494. The lowest BCUT2D eigenvalue weighted by Crippen LogP contribution is -2.13. The van der Waals surface area contributed by atoms with Gasteiger partial charge in [-0.1, -0.05) is 12.1 Å². The molecule has 0 aliphatic rings. The van der Waals surface area contributed by atoms with Crippen molar-refractivity contribution < 1.29 is 8.78 Å². The van der Waals surface area contributed by atoms with E-state index in [0.29, 0.717) is 5.56 Å². The molecule has 2 rings (SSSR count). The Morgan fingerprint density at radius 2 is 2.06 bits per heavy atom. The first-order valence-corrected chi connectivity index (χ1v) is 6.68. The Kier molecular flexibility index (Phi) is 3.91. The second kappa shape index (κ2) is 5.25. The van der Waals surface area contributed by atoms with Gasteiger partial charge in [0.05, 0.1) is 0 Å². The van der Waals surface area contributed by atoms with Gasteiger partial charge in [0.1, 0.15) is 0 Å². The van der Waals surface area contributed by atoms with Crippen molar-refractivity contribution in [2.45, 2.75) is 12.5 Å². The summed E-state index contributed by atoms with van der Waals surface area (Å²) in [5.41, 5.74) is 6.29. The van der Waals surface area contributed by atoms with Gasteiger partial charge >= 0.3 is 0 Å². The van der Waals surface area contributed by atoms with Crippen LogP contribution in [0.1, 0.15) is 16.5 Å². The Morgan fingerprint density at radius 3 is 2.71 bits per heavy atom. The molecular formula is C12H10BrF2NS. The highest BCUT2D eigenvalue weighted by molar-refractivity contribution is 9.10. The molecule has 1 aromatic carbocycles. The maximum Gasteiger partial charge on any atom is 0.162 e. The minimum atomic E-state index is -0.833. The molecule has 2 N–H and O–H groups in total. The summed E-state index contributed by atoms with van der Waals surface area (Å²) < 4.78 is 27.4. The van der Waals surface area contributed by atoms with Gasteiger partial charge in [-0.05, 0) is 45.4 Å². The smallest absolute Gasteiger partial charge is 0.162 e. The van der Waals surface area contributed by atoms with Crippen molar-refractivity contribution in [1.29, 1.82) is 0 Å². The highest BCUT2D eigenvalue weighted by Gasteiger charge is 2.15. The number of thiophene rings is 1. The highest BCUT2D eigenvalue weighted by atomic mass is 79.9. The number of halogens is 3. The molecular weight excluding hydrogens is 308 g/mol. The second-order valence-corrected chi connectivity index (χ2v) is 5.46. The lowest BCUT2D eigenvalue weighted by atomic mass is 10.0. The molecule has 0 bridgehead atoms. The largest absolute Gasteiger partial charge is 0.323 e. The van der Waals surface area contributed by atoms with Crippen molar-refractivity contribution in [2.75, 3.05) is 0 Å². The molecule has 90 valence electrons. The zero-order chi connectivity index (χ0) is 12.4. The quantitative estimate of drug-likeness (QED) is 0.908. The summed E-state index contributed by atoms with van der Waals surface area (Å²) in [6.07, 6.45) is 0.280. The van der Waals surface area contributed by atoms with E-state index in [1.165, 1.54) is 17.4 Å². The molecule has 0 spiro atoms. The summed E-state index contributed by atoms with van der Waals surface area (Å²) in [6.45, 7) is 0. The summed E-state index contributed by atoms with van der Waals surface area (Å²) in [5, 5.41) is 1.90. The van der Waals surface area contributed by atoms with Crippen molar-refractivity contribution in [3.63, 3.8) is 0 Å². The molecule has 0 saturated heterocycles. The molecule has 17 heavy (non-hydrogen) atoms. The Bertz CT molecular complexity index is 527. The van der Waals surface area contributed by atoms with Crippen LogP contribution in [0.15, 0.2) is 34.1 Å². The van der Waals surface area contributed by atoms with Gasteiger partial charge in [-0.15, -0.1) is 11.3 Å². The molecule has 1 nitrogen and oxygen atoms in total. The number of hydrogen-bond donors (Lipinski definition) is 1. The van der Waals surface area contributed by atoms with Crippen LogP contribution in [0, 0.1) is 11.6 Å². The SMILES string of the molecule is NC(Cc1cccc(F)c1F)c1sccc1Br. The van der Waals surface area contributed by atoms with Crippen LogP contribution < -0.4 is 5.73 Å². The van der Waals surface area contributed by atoms with E-state index in [1.54, 1.807) is 6.07 Å². The molecule has 0 saturated carbocycles. The highest BCUT2D eigenvalue weighted by Crippen LogP contribution is 2.30. The fraction of sp³-hybridized carbons (Fsp3) is 0.167. The van der Waals surface area contributed by atoms with E-state index in [9.17, 15) is 8.78 Å². The van der Waals surface area contributed by atoms with Crippen LogP contribution >= 0.6 is 27.3 Å². The lowest BCUT2D eigenvalue weighted by Gasteiger charge is -2.11. The van der Waals surface area contributed by atoms with Crippen molar-refractivity contribution in [3.05, 3.63) is 56.2 Å². The van der Waals surface area contributed by atoms with Gasteiger partial charge in [-0.3, -0.25) is 0 Å². The van der Waals surface area contributed by atoms with Crippen LogP contribution in [0.25, 0.3) is 0 Å². The summed E-state index contributed by atoms with van der Waals surface area (Å²) in [4.78, 5) is 0.939. The summed E-state index contributed by atoms with van der Waals surface area (Å²) >= 11 is 4.87. The maximum atomic E-state index is 13.5. The molecule has 0 aliphatic carbocycles. The van der Waals surface area contributed by atoms with Crippen molar-refractivity contribution in [3.8, 4) is 0 Å². The molecule has 2 aromatic rings. The summed E-state index contributed by atoms with van der Waals surface area (Å²) in [5.74, 6) is -1.64. The molecule has 1 heterocycles. The first-order valence-electron chi connectivity index (χ1n) is 5.01. The number of benzene rings is 1. The third-order valence-electron chi connectivity index (χ3n) is 2.45. The van der Waals surface area contributed by atoms with E-state index in [0.717, 1.165) is 15.4 Å². The van der Waals surface area contributed by atoms with E-state index in [2.05, 4.69) is 15.9 Å². The van der Waals surface area contributed by atoms with E-state index >= 15 is 0 Å². The van der Waals surface area contributed by atoms with Crippen LogP contribution in [0.5, 0.6) is 0 Å². The predicted molar refractivity (Wildman–Crippen MR) is 69.0 cm³/mol. The minimum absolute atomic E-state index is 0.280. The molecule has 1 unspecified atom stereocenters. The fourth-order valence-electron chi connectivity index (χ4n) is 1.61. The van der Waals surface area contributed by atoms with Crippen molar-refractivity contribution in [1.82, 2.24) is 0 Å². The van der Waals surface area contributed by atoms with Gasteiger partial charge < -0.3 is 5.73 Å². The van der Waals surface area contributed by atoms with Gasteiger partial charge in [0, 0.05) is 15.4 Å². The topological polar surface area (TPSA) is 26.0 Å². The van der Waals surface area contributed by atoms with Crippen LogP contribution in [-0.2, 0) is 6.42 Å². The Hall–Kier alpha value is -0.780. The molecule has 0 radical (unpaired) electrons. The third-order valence-corrected chi connectivity index (χ3v) is 4.46. The Labute approximate surface area is 110 Å². The summed E-state index contributed by atoms with van der Waals surface area (Å²) in [7, 11) is 0. The Morgan fingerprint density at radius 1 is 1.29 bits per heavy atom. The average molecular weight is 318 g/mol. The molecule has 1 aromatic heterocycles. The van der Waals surface area contributed by atoms with Crippen molar-refractivity contribution >= 4 is 27.3 Å². The Balaban J connectivity index is 2.22. The number of nitrogens with two attached hydrogens (primary N) is 1. The van der Waals surface area contributed by atoms with Gasteiger partial charge in [0.15, 0.2) is 11.6 Å². The third kappa shape index (κ3) is 2.73. The standard InChI is InChI=1S/C12H10BrF2NS/c13-8-4-5-17-12(8)10(16)6-7-2-1-3-9(14)11(7)15/h1-5,10H,6,16H2. The molecule has 0 aliphatic heterocycles. The van der Waals surface area contributed by atoms with Crippen LogP contribution in [0.2, 0.25) is 0 Å². The number of rotatable bonds is 3.